The summed E-state index contributed by atoms with van der Waals surface area (Å²) < 4.78 is 0. The van der Waals surface area contributed by atoms with E-state index in [1.165, 1.54) is 12.8 Å². The van der Waals surface area contributed by atoms with E-state index in [-0.39, 0.29) is 24.0 Å². The number of nitrogens with zero attached hydrogens (tertiary/aromatic N) is 3. The van der Waals surface area contributed by atoms with Crippen LogP contribution in [0.4, 0.5) is 0 Å². The number of unbranched alkanes of at least 4 members (excludes halogenated alkanes) is 2. The van der Waals surface area contributed by atoms with E-state index in [0.717, 1.165) is 51.5 Å². The van der Waals surface area contributed by atoms with Gasteiger partial charge < -0.3 is 15.1 Å². The van der Waals surface area contributed by atoms with E-state index in [1.54, 1.807) is 0 Å². The number of nitrogens with one attached hydrogen (secondary N) is 1. The third-order valence-corrected chi connectivity index (χ3v) is 3.23. The highest BCUT2D eigenvalue weighted by Gasteiger charge is 2.04. The van der Waals surface area contributed by atoms with E-state index in [4.69, 9.17) is 4.99 Å². The van der Waals surface area contributed by atoms with Gasteiger partial charge in [0, 0.05) is 26.7 Å². The monoisotopic (exact) mass is 410 g/mol. The lowest BCUT2D eigenvalue weighted by molar-refractivity contribution is 0.336. The van der Waals surface area contributed by atoms with Gasteiger partial charge in [-0.25, -0.2) is 0 Å². The zero-order valence-electron chi connectivity index (χ0n) is 14.4. The van der Waals surface area contributed by atoms with Crippen molar-refractivity contribution in [3.63, 3.8) is 0 Å². The van der Waals surface area contributed by atoms with E-state index < -0.39 is 0 Å². The van der Waals surface area contributed by atoms with Crippen LogP contribution in [0.2, 0.25) is 0 Å². The molecule has 0 heterocycles. The van der Waals surface area contributed by atoms with Crippen molar-refractivity contribution in [2.24, 2.45) is 4.99 Å². The van der Waals surface area contributed by atoms with Crippen molar-refractivity contribution < 1.29 is 0 Å². The Labute approximate surface area is 149 Å². The number of halogens is 1. The van der Waals surface area contributed by atoms with Crippen LogP contribution in [0.3, 0.4) is 0 Å². The fourth-order valence-corrected chi connectivity index (χ4v) is 1.91. The second-order valence-corrected chi connectivity index (χ2v) is 5.24. The van der Waals surface area contributed by atoms with Gasteiger partial charge in [-0.1, -0.05) is 19.4 Å². The molecule has 0 unspecified atom stereocenters. The molecule has 0 saturated heterocycles. The van der Waals surface area contributed by atoms with Gasteiger partial charge in [0.1, 0.15) is 0 Å². The summed E-state index contributed by atoms with van der Waals surface area (Å²) in [5.41, 5.74) is 0. The highest BCUT2D eigenvalue weighted by atomic mass is 127. The number of allylic oxidation sites excluding steroid dienone is 1. The Kier molecular flexibility index (Phi) is 17.6. The summed E-state index contributed by atoms with van der Waals surface area (Å²) in [6.07, 6.45) is 6.68. The fraction of sp³-hybridized carbons (Fsp3) is 0.812. The van der Waals surface area contributed by atoms with Gasteiger partial charge in [-0.3, -0.25) is 4.99 Å². The molecule has 0 bridgehead atoms. The summed E-state index contributed by atoms with van der Waals surface area (Å²) in [5, 5.41) is 3.36. The molecule has 0 aliphatic heterocycles. The summed E-state index contributed by atoms with van der Waals surface area (Å²) >= 11 is 0. The average Bonchev–Trinajstić information content (AvgIpc) is 2.44. The Balaban J connectivity index is 0. The van der Waals surface area contributed by atoms with E-state index in [9.17, 15) is 0 Å². The minimum Gasteiger partial charge on any atom is -0.357 e. The standard InChI is InChI=1S/C16H34N4.HI/c1-6-9-11-14-20(5)16(17-8-3)18-12-15-19(4)13-10-7-2;/h6H,1,7-15H2,2-5H3,(H,17,18);1H. The minimum absolute atomic E-state index is 0. The summed E-state index contributed by atoms with van der Waals surface area (Å²) in [7, 11) is 4.28. The lowest BCUT2D eigenvalue weighted by Gasteiger charge is -2.22. The van der Waals surface area contributed by atoms with E-state index in [1.807, 2.05) is 6.08 Å². The summed E-state index contributed by atoms with van der Waals surface area (Å²) in [6.45, 7) is 13.1. The Morgan fingerprint density at radius 3 is 2.43 bits per heavy atom. The van der Waals surface area contributed by atoms with Crippen LogP contribution >= 0.6 is 24.0 Å². The van der Waals surface area contributed by atoms with Gasteiger partial charge in [0.25, 0.3) is 0 Å². The Morgan fingerprint density at radius 1 is 1.14 bits per heavy atom. The molecule has 0 radical (unpaired) electrons. The van der Waals surface area contributed by atoms with Crippen LogP contribution in [0.25, 0.3) is 0 Å². The van der Waals surface area contributed by atoms with Crippen molar-refractivity contribution in [2.45, 2.75) is 39.5 Å². The first-order valence-electron chi connectivity index (χ1n) is 7.94. The fourth-order valence-electron chi connectivity index (χ4n) is 1.91. The Bertz CT molecular complexity index is 269. The van der Waals surface area contributed by atoms with Gasteiger partial charge in [0.05, 0.1) is 6.54 Å². The maximum Gasteiger partial charge on any atom is 0.193 e. The first kappa shape index (κ1) is 23.0. The molecule has 0 aliphatic rings. The molecular weight excluding hydrogens is 375 g/mol. The second-order valence-electron chi connectivity index (χ2n) is 5.24. The predicted molar refractivity (Wildman–Crippen MR) is 106 cm³/mol. The molecule has 1 N–H and O–H groups in total. The third-order valence-electron chi connectivity index (χ3n) is 3.23. The van der Waals surface area contributed by atoms with Gasteiger partial charge in [0.2, 0.25) is 0 Å². The number of hydrogen-bond donors (Lipinski definition) is 1. The molecule has 0 aliphatic carbocycles. The number of aliphatic imine (C=N–C) groups is 1. The van der Waals surface area contributed by atoms with Gasteiger partial charge in [0.15, 0.2) is 5.96 Å². The molecule has 0 rings (SSSR count). The average molecular weight is 410 g/mol. The first-order chi connectivity index (χ1) is 9.65. The first-order valence-corrected chi connectivity index (χ1v) is 7.94. The zero-order valence-corrected chi connectivity index (χ0v) is 16.7. The van der Waals surface area contributed by atoms with Gasteiger partial charge in [-0.05, 0) is 39.8 Å². The van der Waals surface area contributed by atoms with Crippen LogP contribution in [-0.4, -0.2) is 62.6 Å². The number of rotatable bonds is 11. The van der Waals surface area contributed by atoms with Crippen LogP contribution in [0.15, 0.2) is 17.6 Å². The van der Waals surface area contributed by atoms with E-state index in [0.29, 0.717) is 0 Å². The molecule has 0 aromatic heterocycles. The maximum absolute atomic E-state index is 4.70. The van der Waals surface area contributed by atoms with Crippen LogP contribution in [0, 0.1) is 0 Å². The summed E-state index contributed by atoms with van der Waals surface area (Å²) in [5.74, 6) is 1.01. The molecule has 0 fully saturated rings. The van der Waals surface area contributed by atoms with Gasteiger partial charge in [-0.2, -0.15) is 0 Å². The third kappa shape index (κ3) is 13.1. The maximum atomic E-state index is 4.70. The van der Waals surface area contributed by atoms with Gasteiger partial charge in [-0.15, -0.1) is 30.6 Å². The van der Waals surface area contributed by atoms with Crippen molar-refractivity contribution in [1.82, 2.24) is 15.1 Å². The van der Waals surface area contributed by atoms with Crippen molar-refractivity contribution in [3.05, 3.63) is 12.7 Å². The zero-order chi connectivity index (χ0) is 15.2. The largest absolute Gasteiger partial charge is 0.357 e. The van der Waals surface area contributed by atoms with Crippen LogP contribution in [-0.2, 0) is 0 Å². The van der Waals surface area contributed by atoms with Crippen LogP contribution < -0.4 is 5.32 Å². The van der Waals surface area contributed by atoms with E-state index in [2.05, 4.69) is 49.6 Å². The predicted octanol–water partition coefficient (Wildman–Crippen LogP) is 3.20. The van der Waals surface area contributed by atoms with Crippen molar-refractivity contribution in [3.8, 4) is 0 Å². The number of likely N-dealkylation sites (N-methyl/N-ethyl adjacent to an activating group) is 1. The smallest absolute Gasteiger partial charge is 0.193 e. The molecule has 0 aromatic rings. The second kappa shape index (κ2) is 16.1. The van der Waals surface area contributed by atoms with Crippen LogP contribution in [0.1, 0.15) is 39.5 Å². The molecule has 0 saturated carbocycles. The highest BCUT2D eigenvalue weighted by Crippen LogP contribution is 1.96. The van der Waals surface area contributed by atoms with E-state index >= 15 is 0 Å². The van der Waals surface area contributed by atoms with Crippen LogP contribution in [0.5, 0.6) is 0 Å². The minimum atomic E-state index is 0. The molecule has 21 heavy (non-hydrogen) atoms. The molecule has 5 heteroatoms. The molecule has 126 valence electrons. The summed E-state index contributed by atoms with van der Waals surface area (Å²) in [4.78, 5) is 9.27. The molecule has 4 nitrogen and oxygen atoms in total. The quantitative estimate of drug-likeness (QED) is 0.187. The van der Waals surface area contributed by atoms with Crippen molar-refractivity contribution in [1.29, 1.82) is 0 Å². The highest BCUT2D eigenvalue weighted by molar-refractivity contribution is 14.0. The number of hydrogen-bond acceptors (Lipinski definition) is 2. The lowest BCUT2D eigenvalue weighted by atomic mass is 10.3. The molecule has 0 atom stereocenters. The summed E-state index contributed by atoms with van der Waals surface area (Å²) in [6, 6.07) is 0. The number of guanidine groups is 1. The SMILES string of the molecule is C=CCCCN(C)C(=NCCN(C)CCCC)NCC.I. The Hall–Kier alpha value is -0.300. The van der Waals surface area contributed by atoms with Crippen molar-refractivity contribution >= 4 is 29.9 Å². The lowest BCUT2D eigenvalue weighted by Crippen LogP contribution is -2.40. The normalized spacial score (nSPS) is 11.2. The van der Waals surface area contributed by atoms with Gasteiger partial charge >= 0.3 is 0 Å². The van der Waals surface area contributed by atoms with Crippen molar-refractivity contribution in [2.75, 3.05) is 46.8 Å². The molecule has 0 spiro atoms. The molecule has 0 aromatic carbocycles. The Morgan fingerprint density at radius 2 is 1.86 bits per heavy atom. The molecule has 0 amide bonds. The topological polar surface area (TPSA) is 30.9 Å². The molecular formula is C16H35IN4.